The summed E-state index contributed by atoms with van der Waals surface area (Å²) in [7, 11) is 0. The third-order valence-electron chi connectivity index (χ3n) is 2.64. The molecule has 16 heavy (non-hydrogen) atoms. The molecule has 3 N–H and O–H groups in total. The highest BCUT2D eigenvalue weighted by atomic mass is 15.3. The van der Waals surface area contributed by atoms with E-state index in [0.717, 1.165) is 31.7 Å². The lowest BCUT2D eigenvalue weighted by atomic mass is 10.1. The van der Waals surface area contributed by atoms with Crippen LogP contribution in [0.15, 0.2) is 6.07 Å². The first-order valence-electron chi connectivity index (χ1n) is 5.34. The zero-order valence-electron chi connectivity index (χ0n) is 8.98. The number of nitrogens with two attached hydrogens (primary N) is 1. The van der Waals surface area contributed by atoms with Gasteiger partial charge >= 0.3 is 0 Å². The van der Waals surface area contributed by atoms with Gasteiger partial charge in [-0.05, 0) is 19.3 Å². The van der Waals surface area contributed by atoms with E-state index in [2.05, 4.69) is 20.3 Å². The summed E-state index contributed by atoms with van der Waals surface area (Å²) >= 11 is 0. The average molecular weight is 218 g/mol. The second-order valence-electron chi connectivity index (χ2n) is 3.74. The number of nitrogen functional groups attached to an aromatic ring is 1. The molecule has 0 atom stereocenters. The van der Waals surface area contributed by atoms with Gasteiger partial charge in [0.2, 0.25) is 5.95 Å². The van der Waals surface area contributed by atoms with Crippen LogP contribution in [0.2, 0.25) is 0 Å². The van der Waals surface area contributed by atoms with E-state index in [0.29, 0.717) is 11.6 Å². The predicted molar refractivity (Wildman–Crippen MR) is 60.6 cm³/mol. The van der Waals surface area contributed by atoms with Crippen molar-refractivity contribution < 1.29 is 0 Å². The van der Waals surface area contributed by atoms with Crippen molar-refractivity contribution in [2.45, 2.75) is 19.3 Å². The number of hydrogen-bond donors (Lipinski definition) is 2. The normalized spacial score (nSPS) is 15.6. The molecule has 0 aliphatic carbocycles. The second-order valence-corrected chi connectivity index (χ2v) is 3.74. The van der Waals surface area contributed by atoms with E-state index >= 15 is 0 Å². The van der Waals surface area contributed by atoms with Crippen LogP contribution in [0, 0.1) is 11.3 Å². The zero-order chi connectivity index (χ0) is 11.4. The van der Waals surface area contributed by atoms with Gasteiger partial charge in [0.25, 0.3) is 0 Å². The number of anilines is 2. The fourth-order valence-corrected chi connectivity index (χ4v) is 1.84. The summed E-state index contributed by atoms with van der Waals surface area (Å²) in [5.74, 6) is 6.34. The van der Waals surface area contributed by atoms with E-state index in [9.17, 15) is 0 Å². The van der Waals surface area contributed by atoms with Crippen LogP contribution >= 0.6 is 0 Å². The molecule has 0 radical (unpaired) electrons. The van der Waals surface area contributed by atoms with Crippen LogP contribution in [0.25, 0.3) is 0 Å². The fourth-order valence-electron chi connectivity index (χ4n) is 1.84. The summed E-state index contributed by atoms with van der Waals surface area (Å²) in [6.45, 7) is 1.96. The maximum atomic E-state index is 8.85. The van der Waals surface area contributed by atoms with Gasteiger partial charge < -0.3 is 4.90 Å². The van der Waals surface area contributed by atoms with Crippen LogP contribution in [0.5, 0.6) is 0 Å². The van der Waals surface area contributed by atoms with E-state index in [1.807, 2.05) is 6.07 Å². The molecule has 0 spiro atoms. The molecule has 1 saturated heterocycles. The molecule has 0 bridgehead atoms. The van der Waals surface area contributed by atoms with Gasteiger partial charge in [-0.1, -0.05) is 0 Å². The molecule has 2 rings (SSSR count). The summed E-state index contributed by atoms with van der Waals surface area (Å²) in [5, 5.41) is 8.85. The summed E-state index contributed by atoms with van der Waals surface area (Å²) in [5.41, 5.74) is 2.72. The molecule has 6 nitrogen and oxygen atoms in total. The van der Waals surface area contributed by atoms with Crippen molar-refractivity contribution in [3.05, 3.63) is 11.8 Å². The highest BCUT2D eigenvalue weighted by Crippen LogP contribution is 2.19. The Labute approximate surface area is 94.1 Å². The highest BCUT2D eigenvalue weighted by molar-refractivity contribution is 5.47. The van der Waals surface area contributed by atoms with Crippen molar-refractivity contribution in [3.8, 4) is 6.07 Å². The largest absolute Gasteiger partial charge is 0.356 e. The number of nitrogens with one attached hydrogen (secondary N) is 1. The van der Waals surface area contributed by atoms with Gasteiger partial charge in [0.15, 0.2) is 0 Å². The Bertz CT molecular complexity index is 404. The number of nitriles is 1. The molecule has 1 fully saturated rings. The first-order valence-corrected chi connectivity index (χ1v) is 5.34. The maximum absolute atomic E-state index is 8.85. The average Bonchev–Trinajstić information content (AvgIpc) is 2.39. The van der Waals surface area contributed by atoms with E-state index in [1.54, 1.807) is 6.07 Å². The molecule has 0 aromatic carbocycles. The predicted octanol–water partition coefficient (Wildman–Crippen LogP) is 0.624. The van der Waals surface area contributed by atoms with Crippen LogP contribution in [0.4, 0.5) is 11.8 Å². The standard InChI is InChI=1S/C10H14N6/c11-7-8-6-9(14-10(13-8)15-12)16-4-2-1-3-5-16/h6H,1-5,12H2,(H,13,14,15). The second kappa shape index (κ2) is 4.77. The Morgan fingerprint density at radius 2 is 2.06 bits per heavy atom. The van der Waals surface area contributed by atoms with E-state index in [1.165, 1.54) is 6.42 Å². The molecule has 0 saturated carbocycles. The van der Waals surface area contributed by atoms with Gasteiger partial charge in [-0.2, -0.15) is 10.2 Å². The lowest BCUT2D eigenvalue weighted by molar-refractivity contribution is 0.573. The molecule has 1 aromatic rings. The molecule has 1 aliphatic rings. The van der Waals surface area contributed by atoms with Crippen molar-refractivity contribution in [3.63, 3.8) is 0 Å². The van der Waals surface area contributed by atoms with Crippen LogP contribution in [0.3, 0.4) is 0 Å². The number of hydrazine groups is 1. The number of nitrogens with zero attached hydrogens (tertiary/aromatic N) is 4. The van der Waals surface area contributed by atoms with Crippen molar-refractivity contribution in [2.24, 2.45) is 5.84 Å². The number of rotatable bonds is 2. The lowest BCUT2D eigenvalue weighted by Gasteiger charge is -2.27. The van der Waals surface area contributed by atoms with Gasteiger partial charge in [-0.3, -0.25) is 5.43 Å². The fraction of sp³-hybridized carbons (Fsp3) is 0.500. The maximum Gasteiger partial charge on any atom is 0.240 e. The summed E-state index contributed by atoms with van der Waals surface area (Å²) in [6.07, 6.45) is 3.59. The zero-order valence-corrected chi connectivity index (χ0v) is 8.98. The Morgan fingerprint density at radius 3 is 2.69 bits per heavy atom. The van der Waals surface area contributed by atoms with Gasteiger partial charge in [0, 0.05) is 19.2 Å². The third kappa shape index (κ3) is 2.20. The van der Waals surface area contributed by atoms with Gasteiger partial charge in [-0.25, -0.2) is 10.8 Å². The molecule has 0 amide bonds. The Balaban J connectivity index is 2.28. The number of hydrogen-bond acceptors (Lipinski definition) is 6. The summed E-state index contributed by atoms with van der Waals surface area (Å²) in [4.78, 5) is 10.3. The monoisotopic (exact) mass is 218 g/mol. The topological polar surface area (TPSA) is 90.9 Å². The van der Waals surface area contributed by atoms with Crippen molar-refractivity contribution in [2.75, 3.05) is 23.4 Å². The van der Waals surface area contributed by atoms with Crippen molar-refractivity contribution in [1.29, 1.82) is 5.26 Å². The molecular formula is C10H14N6. The first kappa shape index (κ1) is 10.6. The SMILES string of the molecule is N#Cc1cc(N2CCCCC2)nc(NN)n1. The Morgan fingerprint density at radius 1 is 1.31 bits per heavy atom. The smallest absolute Gasteiger partial charge is 0.240 e. The van der Waals surface area contributed by atoms with Crippen LogP contribution in [-0.4, -0.2) is 23.1 Å². The van der Waals surface area contributed by atoms with E-state index in [-0.39, 0.29) is 0 Å². The minimum atomic E-state index is 0.291. The molecule has 84 valence electrons. The quantitative estimate of drug-likeness (QED) is 0.558. The minimum absolute atomic E-state index is 0.291. The Kier molecular flexibility index (Phi) is 3.17. The minimum Gasteiger partial charge on any atom is -0.356 e. The van der Waals surface area contributed by atoms with Crippen LogP contribution < -0.4 is 16.2 Å². The summed E-state index contributed by atoms with van der Waals surface area (Å²) in [6, 6.07) is 3.71. The van der Waals surface area contributed by atoms with Crippen molar-refractivity contribution >= 4 is 11.8 Å². The van der Waals surface area contributed by atoms with Crippen LogP contribution in [-0.2, 0) is 0 Å². The first-order chi connectivity index (χ1) is 7.83. The molecule has 1 aliphatic heterocycles. The van der Waals surface area contributed by atoms with Crippen molar-refractivity contribution in [1.82, 2.24) is 9.97 Å². The molecule has 2 heterocycles. The molecule has 0 unspecified atom stereocenters. The summed E-state index contributed by atoms with van der Waals surface area (Å²) < 4.78 is 0. The highest BCUT2D eigenvalue weighted by Gasteiger charge is 2.14. The lowest BCUT2D eigenvalue weighted by Crippen LogP contribution is -2.30. The molecule has 1 aromatic heterocycles. The molecule has 6 heteroatoms. The van der Waals surface area contributed by atoms with Crippen LogP contribution in [0.1, 0.15) is 25.0 Å². The number of piperidine rings is 1. The Hall–Kier alpha value is -1.87. The van der Waals surface area contributed by atoms with Gasteiger partial charge in [0.1, 0.15) is 17.6 Å². The number of aromatic nitrogens is 2. The third-order valence-corrected chi connectivity index (χ3v) is 2.64. The van der Waals surface area contributed by atoms with E-state index < -0.39 is 0 Å². The van der Waals surface area contributed by atoms with E-state index in [4.69, 9.17) is 11.1 Å². The molecular weight excluding hydrogens is 204 g/mol. The van der Waals surface area contributed by atoms with Gasteiger partial charge in [-0.15, -0.1) is 0 Å². The van der Waals surface area contributed by atoms with Gasteiger partial charge in [0.05, 0.1) is 0 Å².